The van der Waals surface area contributed by atoms with E-state index in [4.69, 9.17) is 14.2 Å². The Morgan fingerprint density at radius 1 is 0.776 bits per heavy atom. The molecule has 0 aliphatic carbocycles. The SMILES string of the molecule is C[C@@H]1[C@H](CN(C)[C@@H](C)c2ccccc2)O[C@H](c2cccc(NC(=O)Nc3ccc(Oc4ccccc4)cc3)c2)O[C@@H]1c1ccc(CO)cc1. The lowest BCUT2D eigenvalue weighted by Crippen LogP contribution is -2.44. The molecule has 6 rings (SSSR count). The van der Waals surface area contributed by atoms with Gasteiger partial charge in [-0.05, 0) is 79.2 Å². The van der Waals surface area contributed by atoms with E-state index < -0.39 is 6.29 Å². The highest BCUT2D eigenvalue weighted by molar-refractivity contribution is 5.99. The molecule has 0 bridgehead atoms. The normalized spacial score (nSPS) is 19.6. The zero-order chi connectivity index (χ0) is 34.2. The van der Waals surface area contributed by atoms with Gasteiger partial charge in [0, 0.05) is 35.4 Å². The third-order valence-electron chi connectivity index (χ3n) is 9.04. The molecule has 3 N–H and O–H groups in total. The Bertz CT molecular complexity index is 1780. The molecule has 1 heterocycles. The van der Waals surface area contributed by atoms with Crippen LogP contribution in [0.2, 0.25) is 0 Å². The number of urea groups is 1. The first-order chi connectivity index (χ1) is 23.9. The highest BCUT2D eigenvalue weighted by Crippen LogP contribution is 2.42. The number of benzene rings is 5. The van der Waals surface area contributed by atoms with Gasteiger partial charge in [-0.25, -0.2) is 4.79 Å². The number of hydrogen-bond acceptors (Lipinski definition) is 6. The molecule has 1 aliphatic rings. The van der Waals surface area contributed by atoms with Crippen LogP contribution in [0.5, 0.6) is 11.5 Å². The number of nitrogens with zero attached hydrogens (tertiary/aromatic N) is 1. The molecule has 5 atom stereocenters. The average molecular weight is 658 g/mol. The molecule has 252 valence electrons. The maximum Gasteiger partial charge on any atom is 0.323 e. The zero-order valence-electron chi connectivity index (χ0n) is 28.0. The molecule has 1 fully saturated rings. The van der Waals surface area contributed by atoms with E-state index in [1.165, 1.54) is 5.56 Å². The van der Waals surface area contributed by atoms with Crippen LogP contribution in [0.1, 0.15) is 54.5 Å². The lowest BCUT2D eigenvalue weighted by atomic mass is 9.89. The predicted octanol–water partition coefficient (Wildman–Crippen LogP) is 9.10. The molecule has 5 aromatic carbocycles. The maximum absolute atomic E-state index is 13.0. The van der Waals surface area contributed by atoms with Crippen molar-refractivity contribution in [2.24, 2.45) is 5.92 Å². The van der Waals surface area contributed by atoms with Gasteiger partial charge in [0.05, 0.1) is 18.8 Å². The van der Waals surface area contributed by atoms with Crippen molar-refractivity contribution in [2.75, 3.05) is 24.2 Å². The summed E-state index contributed by atoms with van der Waals surface area (Å²) in [5.41, 5.74) is 5.16. The molecular weight excluding hydrogens is 614 g/mol. The standard InChI is InChI=1S/C41H43N3O5/c1-28-38(26-44(3)29(2)31-11-6-4-7-12-31)48-40(49-39(28)32-19-17-30(27-45)18-20-32)33-13-10-14-35(25-33)43-41(46)42-34-21-23-37(24-22-34)47-36-15-8-5-9-16-36/h4-25,28-29,38-40,45H,26-27H2,1-3H3,(H2,42,43,46)/t28-,29+,38+,39+,40+/m1/s1. The van der Waals surface area contributed by atoms with Gasteiger partial charge >= 0.3 is 6.03 Å². The van der Waals surface area contributed by atoms with Crippen LogP contribution in [-0.2, 0) is 16.1 Å². The van der Waals surface area contributed by atoms with Gasteiger partial charge in [0.25, 0.3) is 0 Å². The number of hydrogen-bond donors (Lipinski definition) is 3. The Kier molecular flexibility index (Phi) is 11.0. The first kappa shape index (κ1) is 33.9. The number of carbonyl (C=O) groups excluding carboxylic acids is 1. The zero-order valence-corrected chi connectivity index (χ0v) is 28.0. The lowest BCUT2D eigenvalue weighted by Gasteiger charge is -2.43. The van der Waals surface area contributed by atoms with Crippen LogP contribution >= 0.6 is 0 Å². The van der Waals surface area contributed by atoms with Gasteiger partial charge in [-0.3, -0.25) is 4.90 Å². The molecule has 8 nitrogen and oxygen atoms in total. The number of carbonyl (C=O) groups is 1. The summed E-state index contributed by atoms with van der Waals surface area (Å²) in [6.45, 7) is 5.04. The first-order valence-corrected chi connectivity index (χ1v) is 16.6. The second-order valence-corrected chi connectivity index (χ2v) is 12.5. The fraction of sp³-hybridized carbons (Fsp3) is 0.244. The van der Waals surface area contributed by atoms with Gasteiger partial charge in [0.1, 0.15) is 11.5 Å². The van der Waals surface area contributed by atoms with Crippen molar-refractivity contribution < 1.29 is 24.1 Å². The van der Waals surface area contributed by atoms with Crippen LogP contribution in [0.3, 0.4) is 0 Å². The highest BCUT2D eigenvalue weighted by atomic mass is 16.7. The minimum absolute atomic E-state index is 0.0146. The first-order valence-electron chi connectivity index (χ1n) is 16.6. The van der Waals surface area contributed by atoms with Crippen molar-refractivity contribution in [2.45, 2.75) is 45.0 Å². The molecule has 0 aromatic heterocycles. The highest BCUT2D eigenvalue weighted by Gasteiger charge is 2.39. The molecule has 8 heteroatoms. The minimum Gasteiger partial charge on any atom is -0.457 e. The van der Waals surface area contributed by atoms with E-state index in [1.54, 1.807) is 12.1 Å². The molecule has 0 radical (unpaired) electrons. The molecular formula is C41H43N3O5. The van der Waals surface area contributed by atoms with Gasteiger partial charge in [-0.2, -0.15) is 0 Å². The number of ether oxygens (including phenoxy) is 3. The van der Waals surface area contributed by atoms with Crippen LogP contribution in [0.4, 0.5) is 16.2 Å². The second-order valence-electron chi connectivity index (χ2n) is 12.5. The number of para-hydroxylation sites is 1. The number of aliphatic hydroxyl groups excluding tert-OH is 1. The van der Waals surface area contributed by atoms with E-state index in [9.17, 15) is 9.90 Å². The summed E-state index contributed by atoms with van der Waals surface area (Å²) in [4.78, 5) is 15.3. The van der Waals surface area contributed by atoms with Crippen molar-refractivity contribution >= 4 is 17.4 Å². The minimum atomic E-state index is -0.661. The summed E-state index contributed by atoms with van der Waals surface area (Å²) in [5.74, 6) is 1.46. The summed E-state index contributed by atoms with van der Waals surface area (Å²) in [6, 6.07) is 42.5. The quantitative estimate of drug-likeness (QED) is 0.131. The second kappa shape index (κ2) is 15.9. The number of anilines is 2. The largest absolute Gasteiger partial charge is 0.457 e. The smallest absolute Gasteiger partial charge is 0.323 e. The Morgan fingerprint density at radius 2 is 1.43 bits per heavy atom. The van der Waals surface area contributed by atoms with E-state index in [2.05, 4.69) is 60.7 Å². The monoisotopic (exact) mass is 657 g/mol. The van der Waals surface area contributed by atoms with Crippen LogP contribution in [0.15, 0.2) is 133 Å². The molecule has 0 unspecified atom stereocenters. The van der Waals surface area contributed by atoms with Crippen molar-refractivity contribution in [3.05, 3.63) is 156 Å². The van der Waals surface area contributed by atoms with Crippen LogP contribution in [0.25, 0.3) is 0 Å². The van der Waals surface area contributed by atoms with Crippen molar-refractivity contribution in [3.8, 4) is 11.5 Å². The summed E-state index contributed by atoms with van der Waals surface area (Å²) in [7, 11) is 2.12. The summed E-state index contributed by atoms with van der Waals surface area (Å²) < 4.78 is 19.2. The van der Waals surface area contributed by atoms with Crippen molar-refractivity contribution in [1.29, 1.82) is 0 Å². The average Bonchev–Trinajstić information content (AvgIpc) is 3.14. The lowest BCUT2D eigenvalue weighted by molar-refractivity contribution is -0.276. The van der Waals surface area contributed by atoms with Gasteiger partial charge in [0.2, 0.25) is 0 Å². The van der Waals surface area contributed by atoms with Crippen LogP contribution in [0, 0.1) is 5.92 Å². The third kappa shape index (κ3) is 8.73. The van der Waals surface area contributed by atoms with E-state index in [1.807, 2.05) is 97.1 Å². The molecule has 1 saturated heterocycles. The van der Waals surface area contributed by atoms with E-state index in [0.717, 1.165) is 22.4 Å². The number of rotatable bonds is 11. The molecule has 0 saturated carbocycles. The third-order valence-corrected chi connectivity index (χ3v) is 9.04. The van der Waals surface area contributed by atoms with Gasteiger partial charge in [-0.1, -0.05) is 91.9 Å². The Hall–Kier alpha value is -4.99. The fourth-order valence-corrected chi connectivity index (χ4v) is 6.04. The van der Waals surface area contributed by atoms with Gasteiger partial charge in [0.15, 0.2) is 6.29 Å². The Balaban J connectivity index is 1.15. The number of amides is 2. The topological polar surface area (TPSA) is 92.3 Å². The maximum atomic E-state index is 13.0. The molecule has 2 amide bonds. The summed E-state index contributed by atoms with van der Waals surface area (Å²) in [5, 5.41) is 15.4. The number of aliphatic hydroxyl groups is 1. The Morgan fingerprint density at radius 3 is 2.12 bits per heavy atom. The molecule has 1 aliphatic heterocycles. The van der Waals surface area contributed by atoms with Gasteiger partial charge < -0.3 is 30.0 Å². The van der Waals surface area contributed by atoms with Crippen LogP contribution in [-0.4, -0.2) is 35.7 Å². The van der Waals surface area contributed by atoms with E-state index in [-0.39, 0.29) is 36.8 Å². The van der Waals surface area contributed by atoms with Crippen LogP contribution < -0.4 is 15.4 Å². The Labute approximate surface area is 288 Å². The van der Waals surface area contributed by atoms with Gasteiger partial charge in [-0.15, -0.1) is 0 Å². The van der Waals surface area contributed by atoms with Crippen molar-refractivity contribution in [3.63, 3.8) is 0 Å². The van der Waals surface area contributed by atoms with E-state index in [0.29, 0.717) is 23.7 Å². The molecule has 49 heavy (non-hydrogen) atoms. The predicted molar refractivity (Wildman–Crippen MR) is 192 cm³/mol. The fourth-order valence-electron chi connectivity index (χ4n) is 6.04. The molecule has 5 aromatic rings. The summed E-state index contributed by atoms with van der Waals surface area (Å²) in [6.07, 6.45) is -1.05. The molecule has 0 spiro atoms. The van der Waals surface area contributed by atoms with Crippen molar-refractivity contribution in [1.82, 2.24) is 4.90 Å². The number of nitrogens with one attached hydrogen (secondary N) is 2. The van der Waals surface area contributed by atoms with E-state index >= 15 is 0 Å². The summed E-state index contributed by atoms with van der Waals surface area (Å²) >= 11 is 0. The number of likely N-dealkylation sites (N-methyl/N-ethyl adjacent to an activating group) is 1.